The fourth-order valence-electron chi connectivity index (χ4n) is 5.28. The van der Waals surface area contributed by atoms with Crippen molar-refractivity contribution < 1.29 is 28.6 Å². The lowest BCUT2D eigenvalue weighted by atomic mass is 9.66. The molecule has 1 aliphatic heterocycles. The Morgan fingerprint density at radius 2 is 1.71 bits per heavy atom. The molecular weight excluding hydrogens is 506 g/mol. The van der Waals surface area contributed by atoms with Gasteiger partial charge in [0.05, 0.1) is 24.2 Å². The molecule has 0 bridgehead atoms. The van der Waals surface area contributed by atoms with Crippen LogP contribution in [0.25, 0.3) is 0 Å². The number of aliphatic imine (C=N–C) groups is 1. The van der Waals surface area contributed by atoms with E-state index in [0.29, 0.717) is 47.1 Å². The molecule has 0 aromatic heterocycles. The van der Waals surface area contributed by atoms with Crippen molar-refractivity contribution in [2.24, 2.45) is 10.9 Å². The second kappa shape index (κ2) is 11.5. The number of halogens is 1. The van der Waals surface area contributed by atoms with Gasteiger partial charge >= 0.3 is 11.9 Å². The molecule has 8 heteroatoms. The molecule has 38 heavy (non-hydrogen) atoms. The molecule has 0 saturated heterocycles. The molecule has 0 radical (unpaired) electrons. The van der Waals surface area contributed by atoms with E-state index < -0.39 is 23.8 Å². The summed E-state index contributed by atoms with van der Waals surface area (Å²) < 4.78 is 16.7. The molecule has 2 aliphatic rings. The Bertz CT molecular complexity index is 1310. The first-order chi connectivity index (χ1) is 18.1. The van der Waals surface area contributed by atoms with Gasteiger partial charge in [0, 0.05) is 35.7 Å². The Kier molecular flexibility index (Phi) is 8.36. The minimum atomic E-state index is -0.619. The van der Waals surface area contributed by atoms with E-state index in [0.717, 1.165) is 11.3 Å². The summed E-state index contributed by atoms with van der Waals surface area (Å²) in [5.74, 6) is -1.59. The van der Waals surface area contributed by atoms with Gasteiger partial charge in [-0.1, -0.05) is 29.8 Å². The number of ether oxygens (including phenoxy) is 3. The molecular formula is C30H32ClNO6. The zero-order valence-corrected chi connectivity index (χ0v) is 23.0. The van der Waals surface area contributed by atoms with Gasteiger partial charge in [-0.2, -0.15) is 0 Å². The Morgan fingerprint density at radius 3 is 2.34 bits per heavy atom. The van der Waals surface area contributed by atoms with Gasteiger partial charge in [0.15, 0.2) is 11.5 Å². The number of nitrogens with zero attached hydrogens (tertiary/aromatic N) is 1. The van der Waals surface area contributed by atoms with Gasteiger partial charge in [-0.15, -0.1) is 0 Å². The smallest absolute Gasteiger partial charge is 0.336 e. The number of carbonyl (C=O) groups is 3. The molecule has 1 aliphatic carbocycles. The van der Waals surface area contributed by atoms with Crippen LogP contribution < -0.4 is 9.47 Å². The van der Waals surface area contributed by atoms with Crippen LogP contribution in [0.3, 0.4) is 0 Å². The van der Waals surface area contributed by atoms with Crippen LogP contribution in [-0.4, -0.2) is 36.1 Å². The molecule has 0 N–H and O–H groups in total. The van der Waals surface area contributed by atoms with E-state index in [1.54, 1.807) is 39.0 Å². The Balaban J connectivity index is 1.81. The number of allylic oxidation sites excluding steroid dienone is 1. The highest BCUT2D eigenvalue weighted by Gasteiger charge is 2.46. The maximum absolute atomic E-state index is 13.8. The van der Waals surface area contributed by atoms with Gasteiger partial charge in [-0.05, 0) is 75.4 Å². The van der Waals surface area contributed by atoms with Crippen LogP contribution in [0.15, 0.2) is 58.7 Å². The highest BCUT2D eigenvalue weighted by Crippen LogP contribution is 2.47. The number of hydrogen-bond donors (Lipinski definition) is 0. The summed E-state index contributed by atoms with van der Waals surface area (Å²) in [5.41, 5.74) is 3.34. The zero-order valence-electron chi connectivity index (χ0n) is 22.2. The number of benzene rings is 2. The van der Waals surface area contributed by atoms with Crippen molar-refractivity contribution in [2.45, 2.75) is 65.4 Å². The monoisotopic (exact) mass is 537 g/mol. The molecule has 1 saturated carbocycles. The minimum absolute atomic E-state index is 0.00400. The molecule has 2 aromatic rings. The van der Waals surface area contributed by atoms with Crippen LogP contribution in [0.1, 0.15) is 70.4 Å². The second-order valence-corrected chi connectivity index (χ2v) is 10.3. The van der Waals surface area contributed by atoms with Crippen molar-refractivity contribution in [3.8, 4) is 11.5 Å². The lowest BCUT2D eigenvalue weighted by molar-refractivity contribution is -0.143. The molecule has 4 rings (SSSR count). The first-order valence-electron chi connectivity index (χ1n) is 12.8. The Labute approximate surface area is 227 Å². The van der Waals surface area contributed by atoms with Gasteiger partial charge in [0.1, 0.15) is 5.78 Å². The standard InChI is InChI=1S/C30H32ClNO6/c1-6-36-26-15-20(9-12-25(26)38-18(5)33)28-27(30(35)37-16(2)3)17(4)32-23-13-21(14-24(34)29(23)28)19-7-10-22(31)11-8-19/h7-12,15-16,21,28-29H,6,13-14H2,1-5H3/t21-,28-,29?/m0/s1. The number of esters is 2. The van der Waals surface area contributed by atoms with E-state index in [9.17, 15) is 14.4 Å². The third-order valence-corrected chi connectivity index (χ3v) is 6.99. The van der Waals surface area contributed by atoms with Crippen molar-refractivity contribution in [3.63, 3.8) is 0 Å². The molecule has 1 fully saturated rings. The molecule has 1 unspecified atom stereocenters. The van der Waals surface area contributed by atoms with E-state index in [1.165, 1.54) is 6.92 Å². The number of Topliss-reactive ketones (excluding diaryl/α,β-unsaturated/α-hetero) is 1. The number of hydrogen-bond acceptors (Lipinski definition) is 7. The number of ketones is 1. The van der Waals surface area contributed by atoms with Crippen LogP contribution in [0.2, 0.25) is 5.02 Å². The van der Waals surface area contributed by atoms with Crippen molar-refractivity contribution in [2.75, 3.05) is 6.61 Å². The predicted molar refractivity (Wildman–Crippen MR) is 145 cm³/mol. The van der Waals surface area contributed by atoms with Crippen LogP contribution in [-0.2, 0) is 19.1 Å². The van der Waals surface area contributed by atoms with Gasteiger partial charge < -0.3 is 14.2 Å². The van der Waals surface area contributed by atoms with Crippen molar-refractivity contribution in [1.82, 2.24) is 0 Å². The average molecular weight is 538 g/mol. The first kappa shape index (κ1) is 27.6. The summed E-state index contributed by atoms with van der Waals surface area (Å²) in [6, 6.07) is 12.7. The fourth-order valence-corrected chi connectivity index (χ4v) is 5.40. The Morgan fingerprint density at radius 1 is 1.03 bits per heavy atom. The van der Waals surface area contributed by atoms with Gasteiger partial charge in [0.25, 0.3) is 0 Å². The molecule has 0 amide bonds. The molecule has 2 aromatic carbocycles. The van der Waals surface area contributed by atoms with Crippen LogP contribution in [0, 0.1) is 5.92 Å². The summed E-state index contributed by atoms with van der Waals surface area (Å²) in [4.78, 5) is 43.6. The normalized spacial score (nSPS) is 21.1. The van der Waals surface area contributed by atoms with Gasteiger partial charge in [-0.25, -0.2) is 4.79 Å². The molecule has 3 atom stereocenters. The topological polar surface area (TPSA) is 91.3 Å². The number of fused-ring (bicyclic) bond motifs is 1. The number of carbonyl (C=O) groups excluding carboxylic acids is 3. The third kappa shape index (κ3) is 5.83. The number of rotatable bonds is 7. The van der Waals surface area contributed by atoms with Crippen LogP contribution >= 0.6 is 11.6 Å². The predicted octanol–water partition coefficient (Wildman–Crippen LogP) is 6.19. The SMILES string of the molecule is CCOc1cc([C@H]2C(C(=O)OC(C)C)=C(C)N=C3C[C@H](c4ccc(Cl)cc4)CC(=O)C32)ccc1OC(C)=O. The van der Waals surface area contributed by atoms with Crippen molar-refractivity contribution in [1.29, 1.82) is 0 Å². The van der Waals surface area contributed by atoms with E-state index >= 15 is 0 Å². The van der Waals surface area contributed by atoms with E-state index in [2.05, 4.69) is 0 Å². The van der Waals surface area contributed by atoms with Crippen molar-refractivity contribution >= 4 is 35.0 Å². The van der Waals surface area contributed by atoms with Crippen LogP contribution in [0.5, 0.6) is 11.5 Å². The van der Waals surface area contributed by atoms with E-state index in [1.807, 2.05) is 31.2 Å². The van der Waals surface area contributed by atoms with Crippen molar-refractivity contribution in [3.05, 3.63) is 69.9 Å². The maximum Gasteiger partial charge on any atom is 0.336 e. The quantitative estimate of drug-likeness (QED) is 0.309. The van der Waals surface area contributed by atoms with Gasteiger partial charge in [0.2, 0.25) is 0 Å². The summed E-state index contributed by atoms with van der Waals surface area (Å²) in [7, 11) is 0. The lowest BCUT2D eigenvalue weighted by Gasteiger charge is -2.38. The maximum atomic E-state index is 13.8. The third-order valence-electron chi connectivity index (χ3n) is 6.74. The summed E-state index contributed by atoms with van der Waals surface area (Å²) in [6.07, 6.45) is 0.565. The highest BCUT2D eigenvalue weighted by atomic mass is 35.5. The zero-order chi connectivity index (χ0) is 27.6. The second-order valence-electron chi connectivity index (χ2n) is 9.87. The largest absolute Gasteiger partial charge is 0.490 e. The van der Waals surface area contributed by atoms with E-state index in [-0.39, 0.29) is 23.6 Å². The molecule has 7 nitrogen and oxygen atoms in total. The summed E-state index contributed by atoms with van der Waals surface area (Å²) in [5, 5.41) is 0.637. The first-order valence-corrected chi connectivity index (χ1v) is 13.2. The highest BCUT2D eigenvalue weighted by molar-refractivity contribution is 6.30. The summed E-state index contributed by atoms with van der Waals surface area (Å²) in [6.45, 7) is 8.83. The average Bonchev–Trinajstić information content (AvgIpc) is 2.84. The lowest BCUT2D eigenvalue weighted by Crippen LogP contribution is -2.41. The molecule has 1 heterocycles. The molecule has 200 valence electrons. The minimum Gasteiger partial charge on any atom is -0.490 e. The summed E-state index contributed by atoms with van der Waals surface area (Å²) >= 11 is 6.07. The van der Waals surface area contributed by atoms with Gasteiger partial charge in [-0.3, -0.25) is 14.6 Å². The molecule has 0 spiro atoms. The van der Waals surface area contributed by atoms with Crippen LogP contribution in [0.4, 0.5) is 0 Å². The Hall–Kier alpha value is -3.45. The van der Waals surface area contributed by atoms with E-state index in [4.69, 9.17) is 30.8 Å². The fraction of sp³-hybridized carbons (Fsp3) is 0.400.